The van der Waals surface area contributed by atoms with Crippen LogP contribution >= 0.6 is 23.7 Å². The van der Waals surface area contributed by atoms with Crippen LogP contribution in [0.15, 0.2) is 26.7 Å². The van der Waals surface area contributed by atoms with Gasteiger partial charge in [0.2, 0.25) is 5.89 Å². The van der Waals surface area contributed by atoms with Crippen molar-refractivity contribution in [3.63, 3.8) is 0 Å². The highest BCUT2D eigenvalue weighted by Crippen LogP contribution is 2.26. The van der Waals surface area contributed by atoms with Gasteiger partial charge in [0.1, 0.15) is 17.3 Å². The zero-order valence-corrected chi connectivity index (χ0v) is 17.1. The number of nitrogens with zero attached hydrogens (tertiary/aromatic N) is 4. The monoisotopic (exact) mass is 409 g/mol. The summed E-state index contributed by atoms with van der Waals surface area (Å²) < 4.78 is 9.12. The van der Waals surface area contributed by atoms with Crippen LogP contribution in [-0.4, -0.2) is 32.4 Å². The molecule has 146 valence electrons. The standard InChI is InChI=1S/C18H23N5O2S.ClH/c1-3-22-16(13-6-8-19-9-7-13)21-23(18(22)24)11-14-12(2)25-17(20-14)15-5-4-10-26-15;/h4-5,10,13,19H,3,6-9,11H2,1-2H3;1H. The highest BCUT2D eigenvalue weighted by molar-refractivity contribution is 7.13. The van der Waals surface area contributed by atoms with Crippen LogP contribution in [0.4, 0.5) is 0 Å². The molecule has 0 atom stereocenters. The fourth-order valence-corrected chi connectivity index (χ4v) is 4.11. The molecule has 1 aliphatic rings. The summed E-state index contributed by atoms with van der Waals surface area (Å²) in [5.41, 5.74) is 0.689. The summed E-state index contributed by atoms with van der Waals surface area (Å²) in [6.45, 7) is 6.80. The molecule has 7 nitrogen and oxygen atoms in total. The molecule has 3 aromatic heterocycles. The summed E-state index contributed by atoms with van der Waals surface area (Å²) in [6.07, 6.45) is 2.03. The van der Waals surface area contributed by atoms with Crippen LogP contribution < -0.4 is 11.0 Å². The molecule has 0 bridgehead atoms. The molecule has 0 radical (unpaired) electrons. The Bertz CT molecular complexity index is 938. The number of halogens is 1. The molecular weight excluding hydrogens is 386 g/mol. The Labute approximate surface area is 167 Å². The maximum atomic E-state index is 12.8. The van der Waals surface area contributed by atoms with E-state index < -0.39 is 0 Å². The smallest absolute Gasteiger partial charge is 0.346 e. The lowest BCUT2D eigenvalue weighted by Crippen LogP contribution is -2.29. The maximum Gasteiger partial charge on any atom is 0.346 e. The lowest BCUT2D eigenvalue weighted by atomic mass is 9.97. The topological polar surface area (TPSA) is 77.9 Å². The van der Waals surface area contributed by atoms with Gasteiger partial charge in [-0.2, -0.15) is 5.10 Å². The Balaban J connectivity index is 0.00000210. The van der Waals surface area contributed by atoms with Crippen molar-refractivity contribution in [1.29, 1.82) is 0 Å². The molecule has 3 aromatic rings. The molecule has 0 spiro atoms. The summed E-state index contributed by atoms with van der Waals surface area (Å²) in [4.78, 5) is 18.4. The molecule has 1 fully saturated rings. The molecule has 0 aromatic carbocycles. The first-order valence-electron chi connectivity index (χ1n) is 9.05. The summed E-state index contributed by atoms with van der Waals surface area (Å²) >= 11 is 1.59. The molecule has 27 heavy (non-hydrogen) atoms. The Morgan fingerprint density at radius 2 is 2.15 bits per heavy atom. The molecule has 1 saturated heterocycles. The molecule has 4 rings (SSSR count). The van der Waals surface area contributed by atoms with Gasteiger partial charge in [-0.3, -0.25) is 4.57 Å². The number of oxazole rings is 1. The van der Waals surface area contributed by atoms with E-state index in [1.807, 2.05) is 31.4 Å². The van der Waals surface area contributed by atoms with Crippen molar-refractivity contribution in [2.45, 2.75) is 45.7 Å². The fraction of sp³-hybridized carbons (Fsp3) is 0.500. The van der Waals surface area contributed by atoms with Crippen LogP contribution in [0.5, 0.6) is 0 Å². The van der Waals surface area contributed by atoms with E-state index in [9.17, 15) is 4.79 Å². The molecule has 4 heterocycles. The molecule has 1 aliphatic heterocycles. The SMILES string of the molecule is CCn1c(C2CCNCC2)nn(Cc2nc(-c3cccs3)oc2C)c1=O.Cl. The zero-order chi connectivity index (χ0) is 18.1. The number of nitrogens with one attached hydrogen (secondary N) is 1. The first-order chi connectivity index (χ1) is 12.7. The molecular formula is C18H24ClN5O2S. The highest BCUT2D eigenvalue weighted by atomic mass is 35.5. The highest BCUT2D eigenvalue weighted by Gasteiger charge is 2.24. The van der Waals surface area contributed by atoms with Gasteiger partial charge in [0.15, 0.2) is 0 Å². The van der Waals surface area contributed by atoms with Crippen LogP contribution in [0.2, 0.25) is 0 Å². The second-order valence-corrected chi connectivity index (χ2v) is 7.51. The van der Waals surface area contributed by atoms with E-state index in [-0.39, 0.29) is 18.1 Å². The summed E-state index contributed by atoms with van der Waals surface area (Å²) in [6, 6.07) is 3.95. The van der Waals surface area contributed by atoms with Crippen molar-refractivity contribution in [2.75, 3.05) is 13.1 Å². The van der Waals surface area contributed by atoms with Gasteiger partial charge in [0.05, 0.1) is 11.4 Å². The molecule has 0 amide bonds. The van der Waals surface area contributed by atoms with Gasteiger partial charge < -0.3 is 9.73 Å². The molecule has 9 heteroatoms. The van der Waals surface area contributed by atoms with Crippen molar-refractivity contribution in [1.82, 2.24) is 24.6 Å². The fourth-order valence-electron chi connectivity index (χ4n) is 3.46. The molecule has 0 unspecified atom stereocenters. The van der Waals surface area contributed by atoms with E-state index in [0.29, 0.717) is 24.9 Å². The van der Waals surface area contributed by atoms with Gasteiger partial charge in [-0.05, 0) is 51.2 Å². The largest absolute Gasteiger partial charge is 0.440 e. The minimum Gasteiger partial charge on any atom is -0.440 e. The normalized spacial score (nSPS) is 15.0. The number of hydrogen-bond donors (Lipinski definition) is 1. The Morgan fingerprint density at radius 1 is 1.37 bits per heavy atom. The number of aromatic nitrogens is 4. The third kappa shape index (κ3) is 3.88. The van der Waals surface area contributed by atoms with E-state index in [2.05, 4.69) is 15.4 Å². The predicted octanol–water partition coefficient (Wildman–Crippen LogP) is 3.03. The van der Waals surface area contributed by atoms with E-state index in [1.54, 1.807) is 15.9 Å². The number of hydrogen-bond acceptors (Lipinski definition) is 6. The second-order valence-electron chi connectivity index (χ2n) is 6.57. The Morgan fingerprint density at radius 3 is 2.81 bits per heavy atom. The third-order valence-electron chi connectivity index (χ3n) is 4.90. The van der Waals surface area contributed by atoms with Crippen LogP contribution in [0.1, 0.15) is 43.0 Å². The van der Waals surface area contributed by atoms with Crippen molar-refractivity contribution in [2.24, 2.45) is 0 Å². The Kier molecular flexibility index (Phi) is 6.18. The lowest BCUT2D eigenvalue weighted by Gasteiger charge is -2.21. The number of aryl methyl sites for hydroxylation is 1. The van der Waals surface area contributed by atoms with E-state index in [1.165, 1.54) is 4.68 Å². The second kappa shape index (κ2) is 8.41. The number of piperidine rings is 1. The van der Waals surface area contributed by atoms with Gasteiger partial charge in [-0.15, -0.1) is 23.7 Å². The van der Waals surface area contributed by atoms with Gasteiger partial charge in [-0.1, -0.05) is 6.07 Å². The van der Waals surface area contributed by atoms with Crippen LogP contribution in [0.25, 0.3) is 10.8 Å². The number of thiophene rings is 1. The molecule has 0 aliphatic carbocycles. The van der Waals surface area contributed by atoms with Gasteiger partial charge >= 0.3 is 5.69 Å². The average Bonchev–Trinajstić information content (AvgIpc) is 3.37. The summed E-state index contributed by atoms with van der Waals surface area (Å²) in [7, 11) is 0. The third-order valence-corrected chi connectivity index (χ3v) is 5.75. The van der Waals surface area contributed by atoms with Crippen molar-refractivity contribution < 1.29 is 4.42 Å². The predicted molar refractivity (Wildman–Crippen MR) is 108 cm³/mol. The maximum absolute atomic E-state index is 12.8. The summed E-state index contributed by atoms with van der Waals surface area (Å²) in [5.74, 6) is 2.58. The first-order valence-corrected chi connectivity index (χ1v) is 9.93. The van der Waals surface area contributed by atoms with Crippen LogP contribution in [-0.2, 0) is 13.1 Å². The van der Waals surface area contributed by atoms with Gasteiger partial charge in [-0.25, -0.2) is 14.5 Å². The minimum atomic E-state index is -0.0684. The Hall–Kier alpha value is -1.90. The minimum absolute atomic E-state index is 0. The van der Waals surface area contributed by atoms with Crippen molar-refractivity contribution in [3.05, 3.63) is 45.3 Å². The van der Waals surface area contributed by atoms with E-state index in [0.717, 1.165) is 48.1 Å². The van der Waals surface area contributed by atoms with Crippen LogP contribution in [0, 0.1) is 6.92 Å². The van der Waals surface area contributed by atoms with Gasteiger partial charge in [0.25, 0.3) is 0 Å². The average molecular weight is 410 g/mol. The lowest BCUT2D eigenvalue weighted by molar-refractivity contribution is 0.429. The first kappa shape index (κ1) is 19.9. The quantitative estimate of drug-likeness (QED) is 0.700. The molecule has 0 saturated carbocycles. The van der Waals surface area contributed by atoms with Gasteiger partial charge in [0, 0.05) is 12.5 Å². The van der Waals surface area contributed by atoms with Crippen molar-refractivity contribution >= 4 is 23.7 Å². The van der Waals surface area contributed by atoms with Crippen LogP contribution in [0.3, 0.4) is 0 Å². The van der Waals surface area contributed by atoms with E-state index >= 15 is 0 Å². The molecule has 1 N–H and O–H groups in total. The summed E-state index contributed by atoms with van der Waals surface area (Å²) in [5, 5.41) is 10.0. The number of rotatable bonds is 5. The van der Waals surface area contributed by atoms with Crippen molar-refractivity contribution in [3.8, 4) is 10.8 Å². The van der Waals surface area contributed by atoms with E-state index in [4.69, 9.17) is 4.42 Å². The zero-order valence-electron chi connectivity index (χ0n) is 15.5.